The Morgan fingerprint density at radius 3 is 2.56 bits per heavy atom. The van der Waals surface area contributed by atoms with E-state index in [4.69, 9.17) is 4.74 Å². The molecule has 4 heteroatoms. The summed E-state index contributed by atoms with van der Waals surface area (Å²) < 4.78 is 5.71. The van der Waals surface area contributed by atoms with Crippen molar-refractivity contribution in [2.45, 2.75) is 26.7 Å². The Morgan fingerprint density at radius 1 is 1.12 bits per heavy atom. The second-order valence-electron chi connectivity index (χ2n) is 5.69. The Kier molecular flexibility index (Phi) is 6.96. The summed E-state index contributed by atoms with van der Waals surface area (Å²) in [5.74, 6) is 0.351. The van der Waals surface area contributed by atoms with E-state index in [1.165, 1.54) is 6.92 Å². The van der Waals surface area contributed by atoms with Gasteiger partial charge in [0.25, 0.3) is 0 Å². The third-order valence-corrected chi connectivity index (χ3v) is 3.56. The minimum atomic E-state index is -0.103. The summed E-state index contributed by atoms with van der Waals surface area (Å²) in [7, 11) is 0. The van der Waals surface area contributed by atoms with Gasteiger partial charge in [0, 0.05) is 12.1 Å². The lowest BCUT2D eigenvalue weighted by atomic mass is 10.1. The number of hydrogen-bond acceptors (Lipinski definition) is 3. The quantitative estimate of drug-likeness (QED) is 0.709. The normalized spacial score (nSPS) is 10.6. The molecule has 0 radical (unpaired) electrons. The second-order valence-corrected chi connectivity index (χ2v) is 5.69. The first-order valence-electron chi connectivity index (χ1n) is 8.39. The van der Waals surface area contributed by atoms with E-state index in [1.807, 2.05) is 49.4 Å². The van der Waals surface area contributed by atoms with Crippen LogP contribution in [0.25, 0.3) is 6.08 Å². The minimum absolute atomic E-state index is 0.0588. The molecule has 0 aliphatic rings. The molecule has 0 aromatic heterocycles. The van der Waals surface area contributed by atoms with Gasteiger partial charge < -0.3 is 10.1 Å². The zero-order valence-electron chi connectivity index (χ0n) is 14.6. The maximum absolute atomic E-state index is 11.9. The lowest BCUT2D eigenvalue weighted by Crippen LogP contribution is -2.11. The van der Waals surface area contributed by atoms with Crippen LogP contribution in [0.2, 0.25) is 0 Å². The van der Waals surface area contributed by atoms with E-state index >= 15 is 0 Å². The molecule has 2 aromatic rings. The molecule has 0 fully saturated rings. The van der Waals surface area contributed by atoms with Crippen molar-refractivity contribution >= 4 is 23.5 Å². The molecule has 130 valence electrons. The van der Waals surface area contributed by atoms with Crippen LogP contribution in [0.3, 0.4) is 0 Å². The van der Waals surface area contributed by atoms with Gasteiger partial charge in [0.1, 0.15) is 12.4 Å². The van der Waals surface area contributed by atoms with Gasteiger partial charge in [-0.3, -0.25) is 9.59 Å². The van der Waals surface area contributed by atoms with Gasteiger partial charge in [0.2, 0.25) is 5.91 Å². The number of nitrogens with one attached hydrogen (secondary N) is 1. The SMILES string of the molecule is CCCC(=O)Nc1ccc(OC/C=C/c2ccccc2)c(C(C)=O)c1. The van der Waals surface area contributed by atoms with Crippen molar-refractivity contribution < 1.29 is 14.3 Å². The molecule has 0 saturated heterocycles. The number of anilines is 1. The van der Waals surface area contributed by atoms with Gasteiger partial charge in [-0.1, -0.05) is 43.3 Å². The monoisotopic (exact) mass is 337 g/mol. The van der Waals surface area contributed by atoms with Crippen LogP contribution in [0.4, 0.5) is 5.69 Å². The van der Waals surface area contributed by atoms with Crippen LogP contribution in [-0.4, -0.2) is 18.3 Å². The average molecular weight is 337 g/mol. The fraction of sp³-hybridized carbons (Fsp3) is 0.238. The van der Waals surface area contributed by atoms with Crippen molar-refractivity contribution in [2.75, 3.05) is 11.9 Å². The first kappa shape index (κ1) is 18.5. The van der Waals surface area contributed by atoms with Crippen LogP contribution in [0.1, 0.15) is 42.6 Å². The van der Waals surface area contributed by atoms with Crippen molar-refractivity contribution in [3.8, 4) is 5.75 Å². The van der Waals surface area contributed by atoms with E-state index in [-0.39, 0.29) is 11.7 Å². The van der Waals surface area contributed by atoms with Crippen LogP contribution < -0.4 is 10.1 Å². The van der Waals surface area contributed by atoms with E-state index in [0.29, 0.717) is 30.0 Å². The smallest absolute Gasteiger partial charge is 0.224 e. The van der Waals surface area contributed by atoms with Crippen molar-refractivity contribution in [2.24, 2.45) is 0 Å². The summed E-state index contributed by atoms with van der Waals surface area (Å²) in [6.07, 6.45) is 5.10. The largest absolute Gasteiger partial charge is 0.489 e. The van der Waals surface area contributed by atoms with Crippen LogP contribution in [0.5, 0.6) is 5.75 Å². The van der Waals surface area contributed by atoms with Crippen molar-refractivity contribution in [1.29, 1.82) is 0 Å². The third kappa shape index (κ3) is 5.92. The van der Waals surface area contributed by atoms with Gasteiger partial charge in [-0.15, -0.1) is 0 Å². The molecule has 0 atom stereocenters. The molecule has 0 spiro atoms. The third-order valence-electron chi connectivity index (χ3n) is 3.56. The standard InChI is InChI=1S/C21H23NO3/c1-3-8-21(24)22-18-12-13-20(19(15-18)16(2)23)25-14-7-11-17-9-5-4-6-10-17/h4-7,9-13,15H,3,8,14H2,1-2H3,(H,22,24)/b11-7+. The molecular formula is C21H23NO3. The molecule has 2 rings (SSSR count). The highest BCUT2D eigenvalue weighted by Gasteiger charge is 2.11. The Bertz CT molecular complexity index is 751. The number of benzene rings is 2. The molecule has 1 N–H and O–H groups in total. The molecule has 4 nitrogen and oxygen atoms in total. The number of amides is 1. The van der Waals surface area contributed by atoms with Crippen molar-refractivity contribution in [3.05, 3.63) is 65.7 Å². The van der Waals surface area contributed by atoms with Gasteiger partial charge in [0.05, 0.1) is 5.56 Å². The van der Waals surface area contributed by atoms with Gasteiger partial charge >= 0.3 is 0 Å². The summed E-state index contributed by atoms with van der Waals surface area (Å²) in [6, 6.07) is 15.0. The first-order chi connectivity index (χ1) is 12.1. The maximum atomic E-state index is 11.9. The number of hydrogen-bond donors (Lipinski definition) is 1. The summed E-state index contributed by atoms with van der Waals surface area (Å²) in [6.45, 7) is 3.79. The number of ether oxygens (including phenoxy) is 1. The fourth-order valence-electron chi connectivity index (χ4n) is 2.35. The van der Waals surface area contributed by atoms with E-state index in [9.17, 15) is 9.59 Å². The molecular weight excluding hydrogens is 314 g/mol. The molecule has 0 saturated carbocycles. The Labute approximate surface area is 148 Å². The number of carbonyl (C=O) groups excluding carboxylic acids is 2. The summed E-state index contributed by atoms with van der Waals surface area (Å²) in [5, 5.41) is 2.79. The van der Waals surface area contributed by atoms with Crippen LogP contribution in [0, 0.1) is 0 Å². The molecule has 25 heavy (non-hydrogen) atoms. The van der Waals surface area contributed by atoms with E-state index in [1.54, 1.807) is 18.2 Å². The molecule has 0 aliphatic heterocycles. The topological polar surface area (TPSA) is 55.4 Å². The number of rotatable bonds is 8. The number of Topliss-reactive ketones (excluding diaryl/α,β-unsaturated/α-hetero) is 1. The lowest BCUT2D eigenvalue weighted by Gasteiger charge is -2.11. The molecule has 0 bridgehead atoms. The van der Waals surface area contributed by atoms with E-state index in [2.05, 4.69) is 5.32 Å². The van der Waals surface area contributed by atoms with Crippen LogP contribution in [0.15, 0.2) is 54.6 Å². The van der Waals surface area contributed by atoms with Gasteiger partial charge in [0.15, 0.2) is 5.78 Å². The van der Waals surface area contributed by atoms with E-state index in [0.717, 1.165) is 12.0 Å². The molecule has 2 aromatic carbocycles. The summed E-state index contributed by atoms with van der Waals surface area (Å²) in [5.41, 5.74) is 2.16. The average Bonchev–Trinajstić information content (AvgIpc) is 2.60. The van der Waals surface area contributed by atoms with E-state index < -0.39 is 0 Å². The first-order valence-corrected chi connectivity index (χ1v) is 8.39. The molecule has 1 amide bonds. The van der Waals surface area contributed by atoms with Crippen molar-refractivity contribution in [3.63, 3.8) is 0 Å². The van der Waals surface area contributed by atoms with Gasteiger partial charge in [-0.05, 0) is 43.2 Å². The predicted molar refractivity (Wildman–Crippen MR) is 101 cm³/mol. The van der Waals surface area contributed by atoms with Crippen LogP contribution >= 0.6 is 0 Å². The predicted octanol–water partition coefficient (Wildman–Crippen LogP) is 4.72. The minimum Gasteiger partial charge on any atom is -0.489 e. The van der Waals surface area contributed by atoms with Crippen LogP contribution in [-0.2, 0) is 4.79 Å². The molecule has 0 heterocycles. The van der Waals surface area contributed by atoms with Crippen molar-refractivity contribution in [1.82, 2.24) is 0 Å². The summed E-state index contributed by atoms with van der Waals surface area (Å²) >= 11 is 0. The van der Waals surface area contributed by atoms with Gasteiger partial charge in [-0.2, -0.15) is 0 Å². The highest BCUT2D eigenvalue weighted by atomic mass is 16.5. The zero-order chi connectivity index (χ0) is 18.1. The lowest BCUT2D eigenvalue weighted by molar-refractivity contribution is -0.116. The number of ketones is 1. The molecule has 0 unspecified atom stereocenters. The summed E-state index contributed by atoms with van der Waals surface area (Å²) in [4.78, 5) is 23.6. The highest BCUT2D eigenvalue weighted by molar-refractivity contribution is 5.99. The maximum Gasteiger partial charge on any atom is 0.224 e. The number of carbonyl (C=O) groups is 2. The molecule has 0 aliphatic carbocycles. The van der Waals surface area contributed by atoms with Gasteiger partial charge in [-0.25, -0.2) is 0 Å². The Morgan fingerprint density at radius 2 is 1.88 bits per heavy atom. The highest BCUT2D eigenvalue weighted by Crippen LogP contribution is 2.24. The zero-order valence-corrected chi connectivity index (χ0v) is 14.6. The fourth-order valence-corrected chi connectivity index (χ4v) is 2.35. The Hall–Kier alpha value is -2.88. The Balaban J connectivity index is 2.03. The second kappa shape index (κ2) is 9.42.